The van der Waals surface area contributed by atoms with Crippen molar-refractivity contribution in [2.24, 2.45) is 5.92 Å². The summed E-state index contributed by atoms with van der Waals surface area (Å²) in [4.78, 5) is 12.5. The van der Waals surface area contributed by atoms with Crippen molar-refractivity contribution in [3.8, 4) is 0 Å². The molecule has 0 amide bonds. The molecule has 0 aliphatic carbocycles. The quantitative estimate of drug-likeness (QED) is 0.537. The van der Waals surface area contributed by atoms with E-state index in [1.807, 2.05) is 30.3 Å². The largest absolute Gasteiger partial charge is 0.454 e. The Labute approximate surface area is 159 Å². The number of carbonyl (C=O) groups is 1. The number of hydrogen-bond donors (Lipinski definition) is 0. The lowest BCUT2D eigenvalue weighted by Gasteiger charge is -2.17. The van der Waals surface area contributed by atoms with Crippen LogP contribution in [0, 0.1) is 12.8 Å². The molecule has 27 heavy (non-hydrogen) atoms. The van der Waals surface area contributed by atoms with Crippen LogP contribution < -0.4 is 0 Å². The number of rotatable bonds is 6. The molecule has 0 saturated heterocycles. The molecule has 0 aromatic heterocycles. The van der Waals surface area contributed by atoms with E-state index >= 15 is 0 Å². The fraction of sp³-hybridized carbons (Fsp3) is 0.292. The van der Waals surface area contributed by atoms with E-state index in [-0.39, 0.29) is 12.1 Å². The summed E-state index contributed by atoms with van der Waals surface area (Å²) in [7, 11) is 0. The van der Waals surface area contributed by atoms with Crippen molar-refractivity contribution in [1.82, 2.24) is 0 Å². The summed E-state index contributed by atoms with van der Waals surface area (Å²) in [5.74, 6) is 0.0919. The van der Waals surface area contributed by atoms with Crippen LogP contribution in [-0.2, 0) is 16.1 Å². The van der Waals surface area contributed by atoms with Crippen LogP contribution in [0.25, 0.3) is 10.8 Å². The molecule has 3 aromatic carbocycles. The standard InChI is InChI=1S/C24H24O3/c1-16(14-26-15-18-8-4-3-5-9-18)13-22-21-12-11-19-17(2)7-6-10-20(19)23(21)24(25)27-22/h3-12,16,22H,13-15H2,1-2H3/t16-,22?/m1/s1. The van der Waals surface area contributed by atoms with Gasteiger partial charge >= 0.3 is 5.97 Å². The number of aryl methyl sites for hydroxylation is 1. The first-order valence-electron chi connectivity index (χ1n) is 9.48. The first-order chi connectivity index (χ1) is 13.1. The molecule has 4 rings (SSSR count). The smallest absolute Gasteiger partial charge is 0.339 e. The molecule has 3 nitrogen and oxygen atoms in total. The van der Waals surface area contributed by atoms with Crippen molar-refractivity contribution < 1.29 is 14.3 Å². The monoisotopic (exact) mass is 360 g/mol. The minimum atomic E-state index is -0.205. The number of hydrogen-bond acceptors (Lipinski definition) is 3. The maximum Gasteiger partial charge on any atom is 0.339 e. The molecule has 1 unspecified atom stereocenters. The average molecular weight is 360 g/mol. The molecule has 3 aromatic rings. The van der Waals surface area contributed by atoms with Gasteiger partial charge in [-0.2, -0.15) is 0 Å². The zero-order valence-corrected chi connectivity index (χ0v) is 15.8. The third-order valence-corrected chi connectivity index (χ3v) is 5.24. The molecule has 0 fully saturated rings. The van der Waals surface area contributed by atoms with E-state index in [2.05, 4.69) is 44.2 Å². The van der Waals surface area contributed by atoms with E-state index in [1.54, 1.807) is 0 Å². The topological polar surface area (TPSA) is 35.5 Å². The lowest BCUT2D eigenvalue weighted by atomic mass is 9.92. The number of carbonyl (C=O) groups excluding carboxylic acids is 1. The summed E-state index contributed by atoms with van der Waals surface area (Å²) in [6, 6.07) is 20.4. The Morgan fingerprint density at radius 1 is 1.00 bits per heavy atom. The van der Waals surface area contributed by atoms with Crippen LogP contribution in [0.1, 0.15) is 46.5 Å². The highest BCUT2D eigenvalue weighted by Gasteiger charge is 2.33. The second-order valence-corrected chi connectivity index (χ2v) is 7.44. The van der Waals surface area contributed by atoms with Gasteiger partial charge in [-0.3, -0.25) is 0 Å². The van der Waals surface area contributed by atoms with Crippen LogP contribution in [0.3, 0.4) is 0 Å². The summed E-state index contributed by atoms with van der Waals surface area (Å²) in [6.07, 6.45) is 0.581. The predicted molar refractivity (Wildman–Crippen MR) is 107 cm³/mol. The second kappa shape index (κ2) is 7.53. The van der Waals surface area contributed by atoms with Crippen molar-refractivity contribution in [2.45, 2.75) is 33.0 Å². The molecule has 138 valence electrons. The normalized spacial score (nSPS) is 17.0. The van der Waals surface area contributed by atoms with Crippen molar-refractivity contribution in [3.05, 3.63) is 82.9 Å². The Morgan fingerprint density at radius 2 is 1.81 bits per heavy atom. The van der Waals surface area contributed by atoms with E-state index in [0.717, 1.165) is 28.3 Å². The third-order valence-electron chi connectivity index (χ3n) is 5.24. The Kier molecular flexibility index (Phi) is 4.95. The maximum absolute atomic E-state index is 12.5. The molecule has 0 radical (unpaired) electrons. The molecule has 1 aliphatic rings. The first-order valence-corrected chi connectivity index (χ1v) is 9.48. The summed E-state index contributed by atoms with van der Waals surface area (Å²) >= 11 is 0. The van der Waals surface area contributed by atoms with Gasteiger partial charge in [0, 0.05) is 12.2 Å². The summed E-state index contributed by atoms with van der Waals surface area (Å²) < 4.78 is 11.6. The van der Waals surface area contributed by atoms with Gasteiger partial charge in [-0.1, -0.05) is 67.6 Å². The average Bonchev–Trinajstić information content (AvgIpc) is 2.99. The van der Waals surface area contributed by atoms with Gasteiger partial charge in [0.1, 0.15) is 6.10 Å². The number of cyclic esters (lactones) is 1. The summed E-state index contributed by atoms with van der Waals surface area (Å²) in [5, 5.41) is 2.11. The molecule has 0 bridgehead atoms. The van der Waals surface area contributed by atoms with Crippen LogP contribution >= 0.6 is 0 Å². The van der Waals surface area contributed by atoms with Crippen LogP contribution in [0.4, 0.5) is 0 Å². The molecule has 3 heteroatoms. The van der Waals surface area contributed by atoms with E-state index in [1.165, 1.54) is 11.1 Å². The van der Waals surface area contributed by atoms with Gasteiger partial charge in [0.15, 0.2) is 0 Å². The van der Waals surface area contributed by atoms with E-state index < -0.39 is 0 Å². The predicted octanol–water partition coefficient (Wildman–Crippen LogP) is 5.60. The fourth-order valence-corrected chi connectivity index (χ4v) is 3.84. The highest BCUT2D eigenvalue weighted by Crippen LogP contribution is 2.39. The SMILES string of the molecule is Cc1cccc2c3c(ccc12)C(C[C@@H](C)COCc1ccccc1)OC3=O. The highest BCUT2D eigenvalue weighted by atomic mass is 16.5. The minimum absolute atomic E-state index is 0.187. The number of fused-ring (bicyclic) bond motifs is 3. The third kappa shape index (κ3) is 3.60. The van der Waals surface area contributed by atoms with Crippen LogP contribution in [-0.4, -0.2) is 12.6 Å². The van der Waals surface area contributed by atoms with E-state index in [9.17, 15) is 4.79 Å². The van der Waals surface area contributed by atoms with Crippen LogP contribution in [0.2, 0.25) is 0 Å². The molecule has 0 N–H and O–H groups in total. The lowest BCUT2D eigenvalue weighted by Crippen LogP contribution is -2.11. The zero-order chi connectivity index (χ0) is 18.8. The van der Waals surface area contributed by atoms with Crippen molar-refractivity contribution in [3.63, 3.8) is 0 Å². The Hall–Kier alpha value is -2.65. The van der Waals surface area contributed by atoms with Crippen molar-refractivity contribution >= 4 is 16.7 Å². The van der Waals surface area contributed by atoms with Crippen LogP contribution in [0.5, 0.6) is 0 Å². The van der Waals surface area contributed by atoms with Crippen molar-refractivity contribution in [1.29, 1.82) is 0 Å². The second-order valence-electron chi connectivity index (χ2n) is 7.44. The fourth-order valence-electron chi connectivity index (χ4n) is 3.84. The zero-order valence-electron chi connectivity index (χ0n) is 15.8. The molecular weight excluding hydrogens is 336 g/mol. The molecule has 2 atom stereocenters. The van der Waals surface area contributed by atoms with Gasteiger partial charge in [-0.05, 0) is 41.2 Å². The molecule has 0 saturated carbocycles. The van der Waals surface area contributed by atoms with Gasteiger partial charge < -0.3 is 9.47 Å². The summed E-state index contributed by atoms with van der Waals surface area (Å²) in [5.41, 5.74) is 4.09. The number of esters is 1. The van der Waals surface area contributed by atoms with Gasteiger partial charge in [-0.25, -0.2) is 4.79 Å². The Morgan fingerprint density at radius 3 is 2.63 bits per heavy atom. The Bertz CT molecular complexity index is 962. The van der Waals surface area contributed by atoms with E-state index in [0.29, 0.717) is 19.1 Å². The van der Waals surface area contributed by atoms with E-state index in [4.69, 9.17) is 9.47 Å². The highest BCUT2D eigenvalue weighted by molar-refractivity contribution is 6.08. The molecule has 0 spiro atoms. The van der Waals surface area contributed by atoms with Crippen LogP contribution in [0.15, 0.2) is 60.7 Å². The number of ether oxygens (including phenoxy) is 2. The van der Waals surface area contributed by atoms with Gasteiger partial charge in [-0.15, -0.1) is 0 Å². The number of benzene rings is 3. The molecular formula is C24H24O3. The van der Waals surface area contributed by atoms with Gasteiger partial charge in [0.05, 0.1) is 12.2 Å². The summed E-state index contributed by atoms with van der Waals surface area (Å²) in [6.45, 7) is 5.46. The molecule has 1 heterocycles. The van der Waals surface area contributed by atoms with Gasteiger partial charge in [0.25, 0.3) is 0 Å². The Balaban J connectivity index is 1.45. The molecule has 1 aliphatic heterocycles. The van der Waals surface area contributed by atoms with Gasteiger partial charge in [0.2, 0.25) is 0 Å². The van der Waals surface area contributed by atoms with Crippen molar-refractivity contribution in [2.75, 3.05) is 6.61 Å². The minimum Gasteiger partial charge on any atom is -0.454 e. The maximum atomic E-state index is 12.5. The lowest BCUT2D eigenvalue weighted by molar-refractivity contribution is 0.0254. The first kappa shape index (κ1) is 17.7.